The molecule has 7 heteroatoms. The minimum Gasteiger partial charge on any atom is -0.497 e. The highest BCUT2D eigenvalue weighted by Gasteiger charge is 2.34. The van der Waals surface area contributed by atoms with E-state index < -0.39 is 18.0 Å². The number of benzene rings is 1. The van der Waals surface area contributed by atoms with Gasteiger partial charge in [0.15, 0.2) is 6.10 Å². The van der Waals surface area contributed by atoms with E-state index in [2.05, 4.69) is 4.74 Å². The molecular weight excluding hydrogens is 344 g/mol. The first-order chi connectivity index (χ1) is 11.9. The lowest BCUT2D eigenvalue weighted by Crippen LogP contribution is -2.28. The van der Waals surface area contributed by atoms with Crippen molar-refractivity contribution in [2.75, 3.05) is 14.2 Å². The van der Waals surface area contributed by atoms with Crippen LogP contribution in [-0.2, 0) is 23.8 Å². The summed E-state index contributed by atoms with van der Waals surface area (Å²) in [5, 5.41) is -0.00641. The molecule has 0 radical (unpaired) electrons. The molecule has 0 N–H and O–H groups in total. The maximum absolute atomic E-state index is 12.3. The Morgan fingerprint density at radius 3 is 2.40 bits per heavy atom. The zero-order valence-electron chi connectivity index (χ0n) is 14.9. The van der Waals surface area contributed by atoms with Crippen LogP contribution in [-0.4, -0.2) is 37.5 Å². The maximum Gasteiger partial charge on any atom is 0.348 e. The van der Waals surface area contributed by atoms with Crippen LogP contribution < -0.4 is 4.74 Å². The first-order valence-corrected chi connectivity index (χ1v) is 8.72. The van der Waals surface area contributed by atoms with Crippen molar-refractivity contribution >= 4 is 23.7 Å². The zero-order chi connectivity index (χ0) is 18.6. The van der Waals surface area contributed by atoms with E-state index in [1.54, 1.807) is 14.0 Å². The van der Waals surface area contributed by atoms with Gasteiger partial charge in [-0.15, -0.1) is 11.8 Å². The molecule has 0 fully saturated rings. The number of esters is 2. The van der Waals surface area contributed by atoms with Crippen molar-refractivity contribution in [1.82, 2.24) is 0 Å². The average molecular weight is 366 g/mol. The Morgan fingerprint density at radius 2 is 1.84 bits per heavy atom. The number of carbonyl (C=O) groups excluding carboxylic acids is 2. The van der Waals surface area contributed by atoms with Crippen LogP contribution in [0.25, 0.3) is 0 Å². The normalized spacial score (nSPS) is 21.2. The van der Waals surface area contributed by atoms with E-state index in [-0.39, 0.29) is 11.4 Å². The van der Waals surface area contributed by atoms with Gasteiger partial charge in [0, 0.05) is 5.25 Å². The van der Waals surface area contributed by atoms with E-state index in [1.165, 1.54) is 25.8 Å². The standard InChI is InChI=1S/C18H22O6S/c1-10-16(18(20)24-11(2)17(19)22-5)25-12(3)15(23-10)13-6-8-14(21-4)9-7-13/h6-9,11-12,15H,1-5H3/t11-,12+,15-/m0/s1. The third-order valence-corrected chi connectivity index (χ3v) is 5.11. The van der Waals surface area contributed by atoms with Gasteiger partial charge in [0.25, 0.3) is 0 Å². The van der Waals surface area contributed by atoms with Crippen LogP contribution >= 0.6 is 11.8 Å². The van der Waals surface area contributed by atoms with Gasteiger partial charge >= 0.3 is 11.9 Å². The highest BCUT2D eigenvalue weighted by Crippen LogP contribution is 2.42. The summed E-state index contributed by atoms with van der Waals surface area (Å²) >= 11 is 1.37. The number of hydrogen-bond acceptors (Lipinski definition) is 7. The molecule has 0 bridgehead atoms. The molecule has 2 rings (SSSR count). The molecule has 1 aliphatic heterocycles. The van der Waals surface area contributed by atoms with Gasteiger partial charge in [0.2, 0.25) is 0 Å². The van der Waals surface area contributed by atoms with Crippen molar-refractivity contribution in [2.24, 2.45) is 0 Å². The molecule has 6 nitrogen and oxygen atoms in total. The molecule has 136 valence electrons. The Hall–Kier alpha value is -2.15. The largest absolute Gasteiger partial charge is 0.497 e. The summed E-state index contributed by atoms with van der Waals surface area (Å²) in [5.41, 5.74) is 0.996. The van der Waals surface area contributed by atoms with Crippen LogP contribution in [0.4, 0.5) is 0 Å². The van der Waals surface area contributed by atoms with E-state index in [9.17, 15) is 9.59 Å². The molecule has 1 aromatic carbocycles. The molecule has 0 aromatic heterocycles. The minimum atomic E-state index is -0.965. The number of thioether (sulfide) groups is 1. The smallest absolute Gasteiger partial charge is 0.348 e. The van der Waals surface area contributed by atoms with Gasteiger partial charge in [-0.3, -0.25) is 0 Å². The van der Waals surface area contributed by atoms with Crippen molar-refractivity contribution in [3.05, 3.63) is 40.5 Å². The topological polar surface area (TPSA) is 71.1 Å². The zero-order valence-corrected chi connectivity index (χ0v) is 15.7. The first kappa shape index (κ1) is 19.2. The SMILES string of the molecule is COC(=O)[C@H](C)OC(=O)C1=C(C)O[C@H](c2ccc(OC)cc2)[C@@H](C)S1. The second-order valence-electron chi connectivity index (χ2n) is 5.59. The predicted molar refractivity (Wildman–Crippen MR) is 94.1 cm³/mol. The van der Waals surface area contributed by atoms with Crippen LogP contribution in [0.1, 0.15) is 32.4 Å². The fourth-order valence-electron chi connectivity index (χ4n) is 2.42. The lowest BCUT2D eigenvalue weighted by Gasteiger charge is -2.31. The fraction of sp³-hybridized carbons (Fsp3) is 0.444. The number of allylic oxidation sites excluding steroid dienone is 1. The Labute approximate surface area is 151 Å². The lowest BCUT2D eigenvalue weighted by molar-refractivity contribution is -0.162. The van der Waals surface area contributed by atoms with Crippen LogP contribution in [0.5, 0.6) is 5.75 Å². The van der Waals surface area contributed by atoms with Gasteiger partial charge in [-0.05, 0) is 38.5 Å². The molecular formula is C18H22O6S. The summed E-state index contributed by atoms with van der Waals surface area (Å²) in [6.07, 6.45) is -1.15. The van der Waals surface area contributed by atoms with Gasteiger partial charge in [-0.2, -0.15) is 0 Å². The van der Waals surface area contributed by atoms with E-state index in [0.29, 0.717) is 10.7 Å². The Kier molecular flexibility index (Phi) is 6.36. The molecule has 1 aromatic rings. The van der Waals surface area contributed by atoms with Gasteiger partial charge in [0.05, 0.1) is 14.2 Å². The third kappa shape index (κ3) is 4.48. The molecule has 0 aliphatic carbocycles. The molecule has 0 saturated carbocycles. The summed E-state index contributed by atoms with van der Waals surface area (Å²) in [7, 11) is 2.86. The quantitative estimate of drug-likeness (QED) is 0.741. The van der Waals surface area contributed by atoms with E-state index >= 15 is 0 Å². The Morgan fingerprint density at radius 1 is 1.20 bits per heavy atom. The average Bonchev–Trinajstić information content (AvgIpc) is 2.62. The number of hydrogen-bond donors (Lipinski definition) is 0. The third-order valence-electron chi connectivity index (χ3n) is 3.80. The number of rotatable bonds is 5. The van der Waals surface area contributed by atoms with Gasteiger partial charge in [-0.1, -0.05) is 12.1 Å². The second kappa shape index (κ2) is 8.29. The van der Waals surface area contributed by atoms with Crippen LogP contribution in [0, 0.1) is 0 Å². The molecule has 0 saturated heterocycles. The summed E-state index contributed by atoms with van der Waals surface area (Å²) in [4.78, 5) is 24.1. The minimum absolute atomic E-state index is 0.00641. The number of methoxy groups -OCH3 is 2. The Bertz CT molecular complexity index is 667. The van der Waals surface area contributed by atoms with E-state index in [4.69, 9.17) is 14.2 Å². The molecule has 0 amide bonds. The second-order valence-corrected chi connectivity index (χ2v) is 6.98. The summed E-state index contributed by atoms with van der Waals surface area (Å²) in [6.45, 7) is 5.16. The first-order valence-electron chi connectivity index (χ1n) is 7.84. The van der Waals surface area contributed by atoms with Crippen molar-refractivity contribution in [2.45, 2.75) is 38.2 Å². The monoisotopic (exact) mass is 366 g/mol. The highest BCUT2D eigenvalue weighted by atomic mass is 32.2. The van der Waals surface area contributed by atoms with Crippen LogP contribution in [0.2, 0.25) is 0 Å². The van der Waals surface area contributed by atoms with Crippen molar-refractivity contribution in [3.63, 3.8) is 0 Å². The molecule has 3 atom stereocenters. The van der Waals surface area contributed by atoms with E-state index in [1.807, 2.05) is 31.2 Å². The molecule has 0 spiro atoms. The predicted octanol–water partition coefficient (Wildman–Crippen LogP) is 3.22. The van der Waals surface area contributed by atoms with Gasteiger partial charge in [-0.25, -0.2) is 9.59 Å². The van der Waals surface area contributed by atoms with Crippen molar-refractivity contribution in [1.29, 1.82) is 0 Å². The van der Waals surface area contributed by atoms with Crippen LogP contribution in [0.3, 0.4) is 0 Å². The van der Waals surface area contributed by atoms with Gasteiger partial charge in [0.1, 0.15) is 22.5 Å². The summed E-state index contributed by atoms with van der Waals surface area (Å²) in [6, 6.07) is 7.63. The van der Waals surface area contributed by atoms with Crippen molar-refractivity contribution < 1.29 is 28.5 Å². The van der Waals surface area contributed by atoms with E-state index in [0.717, 1.165) is 11.3 Å². The van der Waals surface area contributed by atoms with Gasteiger partial charge < -0.3 is 18.9 Å². The number of ether oxygens (including phenoxy) is 4. The summed E-state index contributed by atoms with van der Waals surface area (Å²) in [5.74, 6) is 0.0668. The Balaban J connectivity index is 2.13. The number of carbonyl (C=O) groups is 2. The maximum atomic E-state index is 12.3. The molecule has 1 heterocycles. The molecule has 1 aliphatic rings. The summed E-state index contributed by atoms with van der Waals surface area (Å²) < 4.78 is 20.8. The molecule has 25 heavy (non-hydrogen) atoms. The lowest BCUT2D eigenvalue weighted by atomic mass is 10.1. The van der Waals surface area contributed by atoms with Crippen LogP contribution in [0.15, 0.2) is 34.9 Å². The highest BCUT2D eigenvalue weighted by molar-refractivity contribution is 8.04. The fourth-order valence-corrected chi connectivity index (χ4v) is 3.49. The molecule has 0 unspecified atom stereocenters. The van der Waals surface area contributed by atoms with Crippen molar-refractivity contribution in [3.8, 4) is 5.75 Å².